The topological polar surface area (TPSA) is 29.5 Å². The first-order chi connectivity index (χ1) is 9.88. The first-order valence-electron chi connectivity index (χ1n) is 7.34. The lowest BCUT2D eigenvalue weighted by Crippen LogP contribution is -2.12. The molecule has 2 aromatic carbocycles. The molecule has 0 aliphatic heterocycles. The smallest absolute Gasteiger partial charge is 0.122 e. The van der Waals surface area contributed by atoms with Gasteiger partial charge in [-0.05, 0) is 68.5 Å². The normalized spacial score (nSPS) is 12.3. The highest BCUT2D eigenvalue weighted by Gasteiger charge is 2.13. The molecule has 2 rings (SSSR count). The van der Waals surface area contributed by atoms with E-state index in [1.54, 1.807) is 0 Å². The van der Waals surface area contributed by atoms with Crippen molar-refractivity contribution in [3.8, 4) is 5.75 Å². The van der Waals surface area contributed by atoms with E-state index in [-0.39, 0.29) is 6.61 Å². The van der Waals surface area contributed by atoms with Crippen molar-refractivity contribution in [1.29, 1.82) is 0 Å². The maximum Gasteiger partial charge on any atom is 0.122 e. The van der Waals surface area contributed by atoms with E-state index < -0.39 is 6.10 Å². The predicted octanol–water partition coefficient (Wildman–Crippen LogP) is 4.34. The minimum absolute atomic E-state index is 0.272. The first-order valence-corrected chi connectivity index (χ1v) is 7.34. The number of aryl methyl sites for hydroxylation is 4. The molecule has 1 atom stereocenters. The molecular weight excluding hydrogens is 260 g/mol. The van der Waals surface area contributed by atoms with Crippen LogP contribution in [-0.4, -0.2) is 11.7 Å². The number of rotatable bonds is 4. The van der Waals surface area contributed by atoms with Gasteiger partial charge in [0.2, 0.25) is 0 Å². The summed E-state index contributed by atoms with van der Waals surface area (Å²) in [5.74, 6) is 0.858. The molecule has 2 heteroatoms. The lowest BCUT2D eigenvalue weighted by Gasteiger charge is -2.17. The van der Waals surface area contributed by atoms with Gasteiger partial charge in [-0.25, -0.2) is 0 Å². The maximum atomic E-state index is 10.4. The van der Waals surface area contributed by atoms with Crippen LogP contribution in [0.2, 0.25) is 0 Å². The Bertz CT molecular complexity index is 644. The molecule has 1 unspecified atom stereocenters. The summed E-state index contributed by atoms with van der Waals surface area (Å²) in [5.41, 5.74) is 6.71. The van der Waals surface area contributed by atoms with Gasteiger partial charge in [-0.3, -0.25) is 0 Å². The summed E-state index contributed by atoms with van der Waals surface area (Å²) in [4.78, 5) is 0. The number of aliphatic hydroxyl groups excluding tert-OH is 1. The second-order valence-corrected chi connectivity index (χ2v) is 5.89. The lowest BCUT2D eigenvalue weighted by atomic mass is 10.0. The van der Waals surface area contributed by atoms with Crippen molar-refractivity contribution in [2.75, 3.05) is 6.61 Å². The third-order valence-corrected chi connectivity index (χ3v) is 3.95. The molecule has 0 spiro atoms. The first kappa shape index (κ1) is 15.6. The summed E-state index contributed by atoms with van der Waals surface area (Å²) in [5, 5.41) is 10.4. The third-order valence-electron chi connectivity index (χ3n) is 3.95. The average Bonchev–Trinajstić information content (AvgIpc) is 2.43. The molecule has 0 heterocycles. The van der Waals surface area contributed by atoms with E-state index in [1.807, 2.05) is 32.0 Å². The number of benzene rings is 2. The number of hydrogen-bond acceptors (Lipinski definition) is 2. The molecule has 0 amide bonds. The Hall–Kier alpha value is -1.80. The van der Waals surface area contributed by atoms with Gasteiger partial charge in [0.05, 0.1) is 0 Å². The number of hydrogen-bond donors (Lipinski definition) is 1. The molecular formula is C19H24O2. The highest BCUT2D eigenvalue weighted by atomic mass is 16.5. The zero-order valence-electron chi connectivity index (χ0n) is 13.5. The van der Waals surface area contributed by atoms with Gasteiger partial charge in [-0.15, -0.1) is 0 Å². The molecule has 0 aliphatic rings. The van der Waals surface area contributed by atoms with Crippen LogP contribution < -0.4 is 4.74 Å². The standard InChI is InChI=1S/C19H24O2/c1-12-6-7-14(3)17(9-12)18(20)11-21-19-10-13(2)8-15(4)16(19)5/h6-10,18,20H,11H2,1-5H3. The molecule has 2 nitrogen and oxygen atoms in total. The Kier molecular flexibility index (Phi) is 4.69. The summed E-state index contributed by atoms with van der Waals surface area (Å²) in [6.45, 7) is 10.5. The Labute approximate surface area is 127 Å². The van der Waals surface area contributed by atoms with Crippen molar-refractivity contribution in [3.05, 3.63) is 63.7 Å². The van der Waals surface area contributed by atoms with Crippen LogP contribution in [0.3, 0.4) is 0 Å². The second-order valence-electron chi connectivity index (χ2n) is 5.89. The molecule has 0 saturated heterocycles. The molecule has 0 aromatic heterocycles. The summed E-state index contributed by atoms with van der Waals surface area (Å²) in [7, 11) is 0. The SMILES string of the molecule is Cc1cc(C)c(C)c(OCC(O)c2cc(C)ccc2C)c1. The molecule has 0 fully saturated rings. The lowest BCUT2D eigenvalue weighted by molar-refractivity contribution is 0.107. The fourth-order valence-electron chi connectivity index (χ4n) is 2.53. The molecule has 2 aromatic rings. The van der Waals surface area contributed by atoms with Crippen LogP contribution in [0, 0.1) is 34.6 Å². The largest absolute Gasteiger partial charge is 0.490 e. The van der Waals surface area contributed by atoms with E-state index >= 15 is 0 Å². The van der Waals surface area contributed by atoms with Crippen LogP contribution in [0.25, 0.3) is 0 Å². The minimum Gasteiger partial charge on any atom is -0.490 e. The Balaban J connectivity index is 2.14. The van der Waals surface area contributed by atoms with Gasteiger partial charge in [0.25, 0.3) is 0 Å². The fourth-order valence-corrected chi connectivity index (χ4v) is 2.53. The van der Waals surface area contributed by atoms with Crippen LogP contribution in [0.5, 0.6) is 5.75 Å². The van der Waals surface area contributed by atoms with E-state index in [0.717, 1.165) is 28.0 Å². The van der Waals surface area contributed by atoms with E-state index in [0.29, 0.717) is 0 Å². The molecule has 0 radical (unpaired) electrons. The molecule has 0 saturated carbocycles. The summed E-state index contributed by atoms with van der Waals surface area (Å²) >= 11 is 0. The fraction of sp³-hybridized carbons (Fsp3) is 0.368. The van der Waals surface area contributed by atoms with Gasteiger partial charge < -0.3 is 9.84 Å². The zero-order valence-corrected chi connectivity index (χ0v) is 13.5. The zero-order chi connectivity index (χ0) is 15.6. The third kappa shape index (κ3) is 3.64. The molecule has 21 heavy (non-hydrogen) atoms. The van der Waals surface area contributed by atoms with Crippen molar-refractivity contribution in [2.45, 2.75) is 40.7 Å². The summed E-state index contributed by atoms with van der Waals surface area (Å²) < 4.78 is 5.86. The van der Waals surface area contributed by atoms with E-state index in [2.05, 4.69) is 32.9 Å². The van der Waals surface area contributed by atoms with Crippen LogP contribution in [0.15, 0.2) is 30.3 Å². The highest BCUT2D eigenvalue weighted by Crippen LogP contribution is 2.25. The average molecular weight is 284 g/mol. The molecule has 1 N–H and O–H groups in total. The van der Waals surface area contributed by atoms with Gasteiger partial charge in [-0.2, -0.15) is 0 Å². The molecule has 0 aliphatic carbocycles. The number of ether oxygens (including phenoxy) is 1. The quantitative estimate of drug-likeness (QED) is 0.905. The van der Waals surface area contributed by atoms with Crippen LogP contribution in [0.4, 0.5) is 0 Å². The molecule has 0 bridgehead atoms. The van der Waals surface area contributed by atoms with E-state index in [4.69, 9.17) is 4.74 Å². The van der Waals surface area contributed by atoms with Crippen molar-refractivity contribution >= 4 is 0 Å². The summed E-state index contributed by atoms with van der Waals surface area (Å²) in [6, 6.07) is 10.3. The maximum absolute atomic E-state index is 10.4. The van der Waals surface area contributed by atoms with Crippen molar-refractivity contribution < 1.29 is 9.84 Å². The van der Waals surface area contributed by atoms with Gasteiger partial charge in [0, 0.05) is 0 Å². The minimum atomic E-state index is -0.606. The Morgan fingerprint density at radius 2 is 1.62 bits per heavy atom. The van der Waals surface area contributed by atoms with E-state index in [1.165, 1.54) is 11.1 Å². The Morgan fingerprint density at radius 1 is 0.905 bits per heavy atom. The van der Waals surface area contributed by atoms with E-state index in [9.17, 15) is 5.11 Å². The summed E-state index contributed by atoms with van der Waals surface area (Å²) in [6.07, 6.45) is -0.606. The van der Waals surface area contributed by atoms with Gasteiger partial charge in [0.1, 0.15) is 18.5 Å². The highest BCUT2D eigenvalue weighted by molar-refractivity contribution is 5.42. The predicted molar refractivity (Wildman–Crippen MR) is 87.0 cm³/mol. The van der Waals surface area contributed by atoms with Crippen LogP contribution >= 0.6 is 0 Å². The molecule has 112 valence electrons. The van der Waals surface area contributed by atoms with Gasteiger partial charge in [0.15, 0.2) is 0 Å². The van der Waals surface area contributed by atoms with Crippen LogP contribution in [0.1, 0.15) is 39.5 Å². The monoisotopic (exact) mass is 284 g/mol. The van der Waals surface area contributed by atoms with Crippen molar-refractivity contribution in [1.82, 2.24) is 0 Å². The van der Waals surface area contributed by atoms with Gasteiger partial charge in [-0.1, -0.05) is 29.8 Å². The van der Waals surface area contributed by atoms with Crippen LogP contribution in [-0.2, 0) is 0 Å². The van der Waals surface area contributed by atoms with Crippen molar-refractivity contribution in [3.63, 3.8) is 0 Å². The number of aliphatic hydroxyl groups is 1. The van der Waals surface area contributed by atoms with Gasteiger partial charge >= 0.3 is 0 Å². The second kappa shape index (κ2) is 6.31. The Morgan fingerprint density at radius 3 is 2.33 bits per heavy atom. The van der Waals surface area contributed by atoms with Crippen molar-refractivity contribution in [2.24, 2.45) is 0 Å².